The van der Waals surface area contributed by atoms with Crippen molar-refractivity contribution in [1.29, 1.82) is 0 Å². The minimum Gasteiger partial charge on any atom is -0.444 e. The van der Waals surface area contributed by atoms with Crippen molar-refractivity contribution < 1.29 is 23.9 Å². The molecule has 3 aliphatic rings. The van der Waals surface area contributed by atoms with E-state index in [1.807, 2.05) is 51.1 Å². The molecule has 4 rings (SSSR count). The van der Waals surface area contributed by atoms with Gasteiger partial charge in [-0.05, 0) is 64.9 Å². The molecule has 3 fully saturated rings. The topological polar surface area (TPSA) is 108 Å². The molecule has 2 aliphatic heterocycles. The van der Waals surface area contributed by atoms with Gasteiger partial charge in [0.25, 0.3) is 0 Å². The monoisotopic (exact) mass is 554 g/mol. The number of piperidine rings is 1. The van der Waals surface area contributed by atoms with Crippen LogP contribution in [0.3, 0.4) is 0 Å². The van der Waals surface area contributed by atoms with Gasteiger partial charge in [0, 0.05) is 38.0 Å². The van der Waals surface area contributed by atoms with Gasteiger partial charge >= 0.3 is 6.09 Å². The maximum atomic E-state index is 13.3. The molecule has 2 unspecified atom stereocenters. The molecule has 2 atom stereocenters. The van der Waals surface area contributed by atoms with E-state index in [2.05, 4.69) is 10.6 Å². The third-order valence-electron chi connectivity index (χ3n) is 8.21. The van der Waals surface area contributed by atoms with E-state index in [9.17, 15) is 19.2 Å². The summed E-state index contributed by atoms with van der Waals surface area (Å²) in [7, 11) is 0. The van der Waals surface area contributed by atoms with Crippen LogP contribution in [0, 0.1) is 5.92 Å². The number of hydrogen-bond acceptors (Lipinski definition) is 5. The van der Waals surface area contributed by atoms with E-state index in [1.54, 1.807) is 9.80 Å². The van der Waals surface area contributed by atoms with Gasteiger partial charge in [0.15, 0.2) is 0 Å². The fourth-order valence-electron chi connectivity index (χ4n) is 6.03. The van der Waals surface area contributed by atoms with Gasteiger partial charge in [-0.25, -0.2) is 4.79 Å². The summed E-state index contributed by atoms with van der Waals surface area (Å²) in [6, 6.07) is 8.77. The summed E-state index contributed by atoms with van der Waals surface area (Å²) in [4.78, 5) is 55.9. The molecule has 1 saturated carbocycles. The number of carbonyl (C=O) groups excluding carboxylic acids is 4. The van der Waals surface area contributed by atoms with Crippen molar-refractivity contribution in [3.05, 3.63) is 35.9 Å². The predicted octanol–water partition coefficient (Wildman–Crippen LogP) is 3.80. The molecular formula is C31H46N4O5. The molecule has 1 aromatic carbocycles. The second-order valence-corrected chi connectivity index (χ2v) is 12.5. The smallest absolute Gasteiger partial charge is 0.410 e. The number of ether oxygens (including phenoxy) is 1. The van der Waals surface area contributed by atoms with Gasteiger partial charge in [-0.15, -0.1) is 0 Å². The molecule has 220 valence electrons. The number of nitrogens with zero attached hydrogens (tertiary/aromatic N) is 2. The van der Waals surface area contributed by atoms with Gasteiger partial charge < -0.3 is 20.3 Å². The molecule has 9 heteroatoms. The maximum absolute atomic E-state index is 13.3. The van der Waals surface area contributed by atoms with E-state index in [0.717, 1.165) is 37.7 Å². The molecule has 4 amide bonds. The quantitative estimate of drug-likeness (QED) is 0.533. The second-order valence-electron chi connectivity index (χ2n) is 12.5. The molecule has 0 aromatic heterocycles. The molecule has 2 N–H and O–H groups in total. The molecule has 0 spiro atoms. The van der Waals surface area contributed by atoms with Gasteiger partial charge in [0.1, 0.15) is 17.7 Å². The van der Waals surface area contributed by atoms with Crippen LogP contribution in [-0.2, 0) is 25.5 Å². The maximum Gasteiger partial charge on any atom is 0.410 e. The fraction of sp³-hybridized carbons (Fsp3) is 0.677. The molecule has 0 bridgehead atoms. The Labute approximate surface area is 238 Å². The van der Waals surface area contributed by atoms with Crippen molar-refractivity contribution >= 4 is 23.8 Å². The van der Waals surface area contributed by atoms with Crippen LogP contribution in [0.15, 0.2) is 30.3 Å². The highest BCUT2D eigenvalue weighted by molar-refractivity contribution is 5.89. The van der Waals surface area contributed by atoms with Crippen molar-refractivity contribution in [1.82, 2.24) is 20.4 Å². The first kappa shape index (κ1) is 29.9. The standard InChI is InChI=1S/C31H46N4O5/c1-31(2,3)40-30(39)35-18-10-15-26(35)29(38)34-19-16-23(17-20-34)27(36)33-25(21-22-11-6-4-7-12-22)28(37)32-24-13-8-5-9-14-24/h4,6-7,11-12,23-26H,5,8-10,13-21H2,1-3H3,(H,32,37)(H,33,36). The highest BCUT2D eigenvalue weighted by Gasteiger charge is 2.40. The zero-order valence-electron chi connectivity index (χ0n) is 24.3. The lowest BCUT2D eigenvalue weighted by Gasteiger charge is -2.36. The van der Waals surface area contributed by atoms with Crippen LogP contribution in [0.1, 0.15) is 84.1 Å². The van der Waals surface area contributed by atoms with Crippen LogP contribution in [0.2, 0.25) is 0 Å². The first-order chi connectivity index (χ1) is 19.1. The number of likely N-dealkylation sites (tertiary alicyclic amines) is 2. The van der Waals surface area contributed by atoms with E-state index in [4.69, 9.17) is 4.74 Å². The Morgan fingerprint density at radius 1 is 0.900 bits per heavy atom. The van der Waals surface area contributed by atoms with Crippen LogP contribution in [-0.4, -0.2) is 77.0 Å². The average Bonchev–Trinajstić information content (AvgIpc) is 3.43. The molecule has 2 saturated heterocycles. The van der Waals surface area contributed by atoms with Crippen LogP contribution in [0.5, 0.6) is 0 Å². The lowest BCUT2D eigenvalue weighted by atomic mass is 9.93. The molecule has 0 radical (unpaired) electrons. The van der Waals surface area contributed by atoms with Crippen LogP contribution < -0.4 is 10.6 Å². The van der Waals surface area contributed by atoms with E-state index < -0.39 is 23.8 Å². The zero-order chi connectivity index (χ0) is 28.7. The Balaban J connectivity index is 1.32. The fourth-order valence-corrected chi connectivity index (χ4v) is 6.03. The van der Waals surface area contributed by atoms with E-state index in [-0.39, 0.29) is 29.7 Å². The summed E-state index contributed by atoms with van der Waals surface area (Å²) < 4.78 is 5.52. The van der Waals surface area contributed by atoms with Gasteiger partial charge in [0.2, 0.25) is 17.7 Å². The highest BCUT2D eigenvalue weighted by atomic mass is 16.6. The highest BCUT2D eigenvalue weighted by Crippen LogP contribution is 2.25. The molecular weight excluding hydrogens is 508 g/mol. The summed E-state index contributed by atoms with van der Waals surface area (Å²) in [5.41, 5.74) is 0.378. The second kappa shape index (κ2) is 13.5. The molecule has 1 aliphatic carbocycles. The Bertz CT molecular complexity index is 1030. The van der Waals surface area contributed by atoms with Gasteiger partial charge in [-0.3, -0.25) is 19.3 Å². The number of amides is 4. The lowest BCUT2D eigenvalue weighted by Crippen LogP contribution is -2.54. The van der Waals surface area contributed by atoms with Gasteiger partial charge in [-0.1, -0.05) is 49.6 Å². The number of nitrogens with one attached hydrogen (secondary N) is 2. The molecule has 9 nitrogen and oxygen atoms in total. The summed E-state index contributed by atoms with van der Waals surface area (Å²) in [6.45, 7) is 6.86. The Kier molecular flexibility index (Phi) is 10.1. The van der Waals surface area contributed by atoms with Gasteiger partial charge in [-0.2, -0.15) is 0 Å². The largest absolute Gasteiger partial charge is 0.444 e. The summed E-state index contributed by atoms with van der Waals surface area (Å²) in [6.07, 6.45) is 7.83. The number of benzene rings is 1. The predicted molar refractivity (Wildman–Crippen MR) is 152 cm³/mol. The average molecular weight is 555 g/mol. The van der Waals surface area contributed by atoms with Gasteiger partial charge in [0.05, 0.1) is 0 Å². The Morgan fingerprint density at radius 2 is 1.57 bits per heavy atom. The number of rotatable bonds is 7. The summed E-state index contributed by atoms with van der Waals surface area (Å²) in [5.74, 6) is -0.602. The molecule has 40 heavy (non-hydrogen) atoms. The van der Waals surface area contributed by atoms with Crippen molar-refractivity contribution in [2.24, 2.45) is 5.92 Å². The molecule has 2 heterocycles. The number of hydrogen-bond donors (Lipinski definition) is 2. The van der Waals surface area contributed by atoms with Crippen LogP contribution in [0.4, 0.5) is 4.79 Å². The number of carbonyl (C=O) groups is 4. The normalized spacial score (nSPS) is 21.5. The van der Waals surface area contributed by atoms with E-state index >= 15 is 0 Å². The first-order valence-electron chi connectivity index (χ1n) is 15.0. The van der Waals surface area contributed by atoms with E-state index in [1.165, 1.54) is 6.42 Å². The van der Waals surface area contributed by atoms with Crippen LogP contribution >= 0.6 is 0 Å². The minimum atomic E-state index is -0.641. The third-order valence-corrected chi connectivity index (χ3v) is 8.21. The van der Waals surface area contributed by atoms with Crippen molar-refractivity contribution in [2.45, 2.75) is 109 Å². The van der Waals surface area contributed by atoms with Crippen molar-refractivity contribution in [3.63, 3.8) is 0 Å². The van der Waals surface area contributed by atoms with Crippen molar-refractivity contribution in [3.8, 4) is 0 Å². The Hall–Kier alpha value is -3.10. The van der Waals surface area contributed by atoms with E-state index in [0.29, 0.717) is 45.3 Å². The first-order valence-corrected chi connectivity index (χ1v) is 15.0. The zero-order valence-corrected chi connectivity index (χ0v) is 24.3. The molecule has 1 aromatic rings. The Morgan fingerprint density at radius 3 is 2.23 bits per heavy atom. The summed E-state index contributed by atoms with van der Waals surface area (Å²) >= 11 is 0. The lowest BCUT2D eigenvalue weighted by molar-refractivity contribution is -0.139. The third kappa shape index (κ3) is 8.21. The minimum absolute atomic E-state index is 0.0731. The summed E-state index contributed by atoms with van der Waals surface area (Å²) in [5, 5.41) is 6.22. The SMILES string of the molecule is CC(C)(C)OC(=O)N1CCCC1C(=O)N1CCC(C(=O)NC(Cc2ccccc2)C(=O)NC2CCCCC2)CC1. The van der Waals surface area contributed by atoms with Crippen molar-refractivity contribution in [2.75, 3.05) is 19.6 Å². The van der Waals surface area contributed by atoms with Crippen LogP contribution in [0.25, 0.3) is 0 Å².